The zero-order valence-electron chi connectivity index (χ0n) is 18.4. The number of hydrogen-bond acceptors (Lipinski definition) is 4. The summed E-state index contributed by atoms with van der Waals surface area (Å²) in [6.45, 7) is 0.313. The lowest BCUT2D eigenvalue weighted by atomic mass is 10.1. The molecular weight excluding hydrogens is 430 g/mol. The maximum Gasteiger partial charge on any atom is 0.293 e. The van der Waals surface area contributed by atoms with E-state index in [1.165, 1.54) is 6.07 Å². The van der Waals surface area contributed by atoms with Crippen LogP contribution in [0.1, 0.15) is 16.1 Å². The normalized spacial score (nSPS) is 11.0. The summed E-state index contributed by atoms with van der Waals surface area (Å²) in [5.74, 6) is -0.267. The monoisotopic (exact) mass is 451 g/mol. The van der Waals surface area contributed by atoms with Gasteiger partial charge in [-0.3, -0.25) is 14.9 Å². The maximum absolute atomic E-state index is 13.2. The Morgan fingerprint density at radius 3 is 2.44 bits per heavy atom. The first-order valence-electron chi connectivity index (χ1n) is 10.7. The second kappa shape index (κ2) is 8.67. The van der Waals surface area contributed by atoms with Crippen LogP contribution in [-0.2, 0) is 6.54 Å². The predicted molar refractivity (Wildman–Crippen MR) is 130 cm³/mol. The second-order valence-electron chi connectivity index (χ2n) is 7.99. The van der Waals surface area contributed by atoms with Gasteiger partial charge in [0.15, 0.2) is 0 Å². The number of fused-ring (bicyclic) bond motifs is 1. The van der Waals surface area contributed by atoms with Crippen LogP contribution < -0.4 is 0 Å². The van der Waals surface area contributed by atoms with Crippen LogP contribution in [0.25, 0.3) is 27.8 Å². The van der Waals surface area contributed by atoms with Crippen LogP contribution in [0.5, 0.6) is 0 Å². The highest BCUT2D eigenvalue weighted by Crippen LogP contribution is 2.27. The minimum atomic E-state index is -0.457. The van der Waals surface area contributed by atoms with Crippen LogP contribution in [-0.4, -0.2) is 37.5 Å². The van der Waals surface area contributed by atoms with Gasteiger partial charge in [0.25, 0.3) is 11.6 Å². The van der Waals surface area contributed by atoms with Crippen molar-refractivity contribution >= 4 is 22.5 Å². The van der Waals surface area contributed by atoms with Crippen molar-refractivity contribution in [2.75, 3.05) is 7.05 Å². The van der Waals surface area contributed by atoms with Gasteiger partial charge in [-0.05, 0) is 18.2 Å². The molecule has 1 amide bonds. The molecule has 0 bridgehead atoms. The van der Waals surface area contributed by atoms with E-state index >= 15 is 0 Å². The number of non-ortho nitro benzene ring substituents is 1. The first-order chi connectivity index (χ1) is 16.5. The smallest absolute Gasteiger partial charge is 0.293 e. The number of carbonyl (C=O) groups is 1. The number of aromatic nitrogens is 3. The molecule has 8 nitrogen and oxygen atoms in total. The lowest BCUT2D eigenvalue weighted by Gasteiger charge is -2.16. The number of amides is 1. The SMILES string of the molecule is CN(Cc1cn(-c2ccccc2)nc1-c1ccccc1)C(=O)c1cc2cccc([N+](=O)[O-])c2[nH]1. The zero-order chi connectivity index (χ0) is 23.7. The quantitative estimate of drug-likeness (QED) is 0.283. The van der Waals surface area contributed by atoms with Gasteiger partial charge in [-0.1, -0.05) is 60.7 Å². The molecule has 0 unspecified atom stereocenters. The van der Waals surface area contributed by atoms with Crippen molar-refractivity contribution in [1.82, 2.24) is 19.7 Å². The molecule has 1 N–H and O–H groups in total. The summed E-state index contributed by atoms with van der Waals surface area (Å²) in [4.78, 5) is 28.6. The number of aromatic amines is 1. The third-order valence-corrected chi connectivity index (χ3v) is 5.67. The first kappa shape index (κ1) is 21.1. The van der Waals surface area contributed by atoms with Crippen LogP contribution in [0.4, 0.5) is 5.69 Å². The van der Waals surface area contributed by atoms with E-state index in [4.69, 9.17) is 5.10 Å². The average molecular weight is 451 g/mol. The van der Waals surface area contributed by atoms with E-state index in [1.54, 1.807) is 30.1 Å². The Kier molecular flexibility index (Phi) is 5.39. The Bertz CT molecular complexity index is 1490. The van der Waals surface area contributed by atoms with E-state index in [-0.39, 0.29) is 11.6 Å². The Balaban J connectivity index is 1.48. The predicted octanol–water partition coefficient (Wildman–Crippen LogP) is 5.20. The van der Waals surface area contributed by atoms with Gasteiger partial charge in [0, 0.05) is 42.4 Å². The Morgan fingerprint density at radius 2 is 1.74 bits per heavy atom. The number of nitro benzene ring substituents is 1. The van der Waals surface area contributed by atoms with Crippen molar-refractivity contribution in [2.24, 2.45) is 0 Å². The Hall–Kier alpha value is -4.72. The zero-order valence-corrected chi connectivity index (χ0v) is 18.4. The van der Waals surface area contributed by atoms with Gasteiger partial charge in [0.05, 0.1) is 16.3 Å². The number of hydrogen-bond donors (Lipinski definition) is 1. The molecule has 0 fully saturated rings. The highest BCUT2D eigenvalue weighted by atomic mass is 16.6. The highest BCUT2D eigenvalue weighted by molar-refractivity contribution is 6.00. The van der Waals surface area contributed by atoms with Gasteiger partial charge in [-0.2, -0.15) is 5.10 Å². The standard InChI is InChI=1S/C26H21N5O3/c1-29(26(32)22-15-19-11-8-14-23(31(33)34)25(19)27-22)16-20-17-30(21-12-6-3-7-13-21)28-24(20)18-9-4-2-5-10-18/h2-15,17,27H,16H2,1H3. The molecule has 0 atom stereocenters. The summed E-state index contributed by atoms with van der Waals surface area (Å²) in [5, 5.41) is 16.8. The second-order valence-corrected chi connectivity index (χ2v) is 7.99. The average Bonchev–Trinajstić information content (AvgIpc) is 3.49. The lowest BCUT2D eigenvalue weighted by molar-refractivity contribution is -0.383. The summed E-state index contributed by atoms with van der Waals surface area (Å²) in [6, 6.07) is 26.0. The fourth-order valence-corrected chi connectivity index (χ4v) is 4.02. The molecule has 0 spiro atoms. The molecule has 0 aliphatic rings. The summed E-state index contributed by atoms with van der Waals surface area (Å²) < 4.78 is 1.81. The van der Waals surface area contributed by atoms with Crippen molar-refractivity contribution in [1.29, 1.82) is 0 Å². The number of nitro groups is 1. The Labute approximate surface area is 195 Å². The van der Waals surface area contributed by atoms with Crippen molar-refractivity contribution in [3.8, 4) is 16.9 Å². The largest absolute Gasteiger partial charge is 0.345 e. The number of para-hydroxylation sites is 2. The van der Waals surface area contributed by atoms with E-state index in [0.717, 1.165) is 22.5 Å². The molecule has 0 aliphatic heterocycles. The molecule has 8 heteroatoms. The lowest BCUT2D eigenvalue weighted by Crippen LogP contribution is -2.26. The molecule has 2 heterocycles. The fourth-order valence-electron chi connectivity index (χ4n) is 4.02. The van der Waals surface area contributed by atoms with Gasteiger partial charge < -0.3 is 9.88 Å². The number of H-pyrrole nitrogens is 1. The molecule has 34 heavy (non-hydrogen) atoms. The van der Waals surface area contributed by atoms with Gasteiger partial charge in [0.1, 0.15) is 11.2 Å². The molecule has 2 aromatic heterocycles. The maximum atomic E-state index is 13.2. The van der Waals surface area contributed by atoms with Gasteiger partial charge >= 0.3 is 0 Å². The van der Waals surface area contributed by atoms with E-state index in [0.29, 0.717) is 23.1 Å². The Morgan fingerprint density at radius 1 is 1.03 bits per heavy atom. The fraction of sp³-hybridized carbons (Fsp3) is 0.0769. The van der Waals surface area contributed by atoms with Crippen LogP contribution in [0.3, 0.4) is 0 Å². The van der Waals surface area contributed by atoms with Crippen molar-refractivity contribution in [3.05, 3.63) is 112 Å². The summed E-state index contributed by atoms with van der Waals surface area (Å²) >= 11 is 0. The van der Waals surface area contributed by atoms with E-state index < -0.39 is 4.92 Å². The minimum Gasteiger partial charge on any atom is -0.345 e. The van der Waals surface area contributed by atoms with Crippen LogP contribution in [0, 0.1) is 10.1 Å². The van der Waals surface area contributed by atoms with Crippen LogP contribution in [0.2, 0.25) is 0 Å². The number of nitrogens with one attached hydrogen (secondary N) is 1. The number of benzene rings is 3. The van der Waals surface area contributed by atoms with Crippen molar-refractivity contribution in [2.45, 2.75) is 6.54 Å². The van der Waals surface area contributed by atoms with Crippen LogP contribution >= 0.6 is 0 Å². The molecule has 0 radical (unpaired) electrons. The number of rotatable bonds is 6. The molecule has 5 rings (SSSR count). The third-order valence-electron chi connectivity index (χ3n) is 5.67. The molecule has 0 saturated carbocycles. The summed E-state index contributed by atoms with van der Waals surface area (Å²) in [6.07, 6.45) is 1.93. The summed E-state index contributed by atoms with van der Waals surface area (Å²) in [7, 11) is 1.71. The molecule has 3 aromatic carbocycles. The van der Waals surface area contributed by atoms with Gasteiger partial charge in [0.2, 0.25) is 0 Å². The van der Waals surface area contributed by atoms with Crippen LogP contribution in [0.15, 0.2) is 91.1 Å². The van der Waals surface area contributed by atoms with Crippen molar-refractivity contribution in [3.63, 3.8) is 0 Å². The van der Waals surface area contributed by atoms with E-state index in [2.05, 4.69) is 4.98 Å². The molecule has 5 aromatic rings. The topological polar surface area (TPSA) is 97.1 Å². The van der Waals surface area contributed by atoms with Gasteiger partial charge in [-0.25, -0.2) is 4.68 Å². The van der Waals surface area contributed by atoms with Gasteiger partial charge in [-0.15, -0.1) is 0 Å². The number of nitrogens with zero attached hydrogens (tertiary/aromatic N) is 4. The minimum absolute atomic E-state index is 0.0605. The molecule has 0 saturated heterocycles. The highest BCUT2D eigenvalue weighted by Gasteiger charge is 2.21. The third kappa shape index (κ3) is 3.93. The number of carbonyl (C=O) groups excluding carboxylic acids is 1. The molecule has 168 valence electrons. The molecule has 0 aliphatic carbocycles. The van der Waals surface area contributed by atoms with Crippen molar-refractivity contribution < 1.29 is 9.72 Å². The van der Waals surface area contributed by atoms with E-state index in [9.17, 15) is 14.9 Å². The summed E-state index contributed by atoms with van der Waals surface area (Å²) in [5.41, 5.74) is 4.12. The first-order valence-corrected chi connectivity index (χ1v) is 10.7. The molecular formula is C26H21N5O3. The van der Waals surface area contributed by atoms with E-state index in [1.807, 2.05) is 71.5 Å².